The highest BCUT2D eigenvalue weighted by molar-refractivity contribution is 5.79. The van der Waals surface area contributed by atoms with Crippen molar-refractivity contribution in [3.05, 3.63) is 52.1 Å². The molecule has 0 aromatic carbocycles. The van der Waals surface area contributed by atoms with E-state index in [1.54, 1.807) is 16.9 Å². The van der Waals surface area contributed by atoms with E-state index >= 15 is 0 Å². The lowest BCUT2D eigenvalue weighted by Crippen LogP contribution is -2.05. The highest BCUT2D eigenvalue weighted by Gasteiger charge is 2.13. The number of hydrogen-bond donors (Lipinski definition) is 1. The molecule has 90 valence electrons. The first-order valence-corrected chi connectivity index (χ1v) is 5.67. The quantitative estimate of drug-likeness (QED) is 0.704. The van der Waals surface area contributed by atoms with Crippen molar-refractivity contribution in [2.45, 2.75) is 13.8 Å². The number of rotatable bonds is 1. The number of pyridine rings is 2. The number of hydrogen-bond acceptors (Lipinski definition) is 3. The molecule has 5 heteroatoms. The van der Waals surface area contributed by atoms with Crippen LogP contribution in [0.5, 0.6) is 0 Å². The maximum absolute atomic E-state index is 12.0. The molecule has 3 heterocycles. The normalized spacial score (nSPS) is 11.0. The van der Waals surface area contributed by atoms with Gasteiger partial charge < -0.3 is 4.98 Å². The van der Waals surface area contributed by atoms with E-state index in [-0.39, 0.29) is 5.43 Å². The van der Waals surface area contributed by atoms with Crippen molar-refractivity contribution >= 4 is 11.0 Å². The minimum atomic E-state index is -0.0130. The minimum Gasteiger partial charge on any atom is -0.343 e. The lowest BCUT2D eigenvalue weighted by atomic mass is 10.2. The molecule has 3 rings (SSSR count). The molecular formula is C13H12N4O. The number of nitrogens with one attached hydrogen (secondary N) is 1. The van der Waals surface area contributed by atoms with Crippen LogP contribution in [-0.2, 0) is 0 Å². The highest BCUT2D eigenvalue weighted by atomic mass is 16.1. The van der Waals surface area contributed by atoms with E-state index < -0.39 is 0 Å². The SMILES string of the molecule is Cc1cc(=O)c2c(C)nn(-c3ccccn3)c2[nH]1. The van der Waals surface area contributed by atoms with Crippen LogP contribution in [0, 0.1) is 13.8 Å². The van der Waals surface area contributed by atoms with Crippen LogP contribution >= 0.6 is 0 Å². The second-order valence-electron chi connectivity index (χ2n) is 4.23. The summed E-state index contributed by atoms with van der Waals surface area (Å²) in [5.41, 5.74) is 2.19. The van der Waals surface area contributed by atoms with Crippen molar-refractivity contribution in [1.29, 1.82) is 0 Å². The Morgan fingerprint density at radius 1 is 1.28 bits per heavy atom. The van der Waals surface area contributed by atoms with Crippen molar-refractivity contribution in [2.24, 2.45) is 0 Å². The Kier molecular flexibility index (Phi) is 2.26. The number of nitrogens with zero attached hydrogens (tertiary/aromatic N) is 3. The average Bonchev–Trinajstić information content (AvgIpc) is 2.67. The van der Waals surface area contributed by atoms with Gasteiger partial charge in [-0.3, -0.25) is 4.79 Å². The summed E-state index contributed by atoms with van der Waals surface area (Å²) in [6.07, 6.45) is 1.70. The first-order valence-electron chi connectivity index (χ1n) is 5.67. The molecule has 0 fully saturated rings. The minimum absolute atomic E-state index is 0.0130. The van der Waals surface area contributed by atoms with Gasteiger partial charge in [0, 0.05) is 18.0 Å². The van der Waals surface area contributed by atoms with Crippen LogP contribution in [0.2, 0.25) is 0 Å². The number of H-pyrrole nitrogens is 1. The van der Waals surface area contributed by atoms with Crippen molar-refractivity contribution in [3.63, 3.8) is 0 Å². The molecule has 0 saturated carbocycles. The van der Waals surface area contributed by atoms with Gasteiger partial charge in [-0.25, -0.2) is 4.98 Å². The molecule has 0 amide bonds. The van der Waals surface area contributed by atoms with Crippen LogP contribution in [0.4, 0.5) is 0 Å². The monoisotopic (exact) mass is 240 g/mol. The molecule has 0 radical (unpaired) electrons. The molecule has 5 nitrogen and oxygen atoms in total. The van der Waals surface area contributed by atoms with E-state index in [1.165, 1.54) is 0 Å². The standard InChI is InChI=1S/C13H12N4O/c1-8-7-10(18)12-9(2)16-17(13(12)15-8)11-5-3-4-6-14-11/h3-7H,1-2H3,(H,15,18). The molecule has 0 unspecified atom stereocenters. The summed E-state index contributed by atoms with van der Waals surface area (Å²) in [6, 6.07) is 7.17. The Hall–Kier alpha value is -2.43. The summed E-state index contributed by atoms with van der Waals surface area (Å²) in [7, 11) is 0. The fourth-order valence-electron chi connectivity index (χ4n) is 2.07. The molecule has 1 N–H and O–H groups in total. The Morgan fingerprint density at radius 2 is 2.11 bits per heavy atom. The Morgan fingerprint density at radius 3 is 2.83 bits per heavy atom. The Bertz CT molecular complexity index is 771. The lowest BCUT2D eigenvalue weighted by molar-refractivity contribution is 0.845. The fraction of sp³-hybridized carbons (Fsp3) is 0.154. The molecule has 0 aliphatic carbocycles. The van der Waals surface area contributed by atoms with Gasteiger partial charge in [-0.15, -0.1) is 0 Å². The highest BCUT2D eigenvalue weighted by Crippen LogP contribution is 2.15. The summed E-state index contributed by atoms with van der Waals surface area (Å²) in [5, 5.41) is 5.00. The largest absolute Gasteiger partial charge is 0.343 e. The van der Waals surface area contributed by atoms with Crippen LogP contribution in [0.1, 0.15) is 11.4 Å². The summed E-state index contributed by atoms with van der Waals surface area (Å²) in [5.74, 6) is 0.692. The third-order valence-corrected chi connectivity index (χ3v) is 2.84. The zero-order chi connectivity index (χ0) is 12.7. The average molecular weight is 240 g/mol. The predicted octanol–water partition coefficient (Wildman–Crippen LogP) is 1.73. The number of fused-ring (bicyclic) bond motifs is 1. The van der Waals surface area contributed by atoms with E-state index in [1.807, 2.05) is 32.0 Å². The first-order chi connectivity index (χ1) is 8.66. The van der Waals surface area contributed by atoms with E-state index in [0.29, 0.717) is 22.5 Å². The van der Waals surface area contributed by atoms with Gasteiger partial charge >= 0.3 is 0 Å². The van der Waals surface area contributed by atoms with Crippen molar-refractivity contribution in [2.75, 3.05) is 0 Å². The molecule has 0 bridgehead atoms. The molecule has 0 aliphatic heterocycles. The van der Waals surface area contributed by atoms with Gasteiger partial charge in [-0.2, -0.15) is 9.78 Å². The van der Waals surface area contributed by atoms with Crippen molar-refractivity contribution in [1.82, 2.24) is 19.7 Å². The maximum atomic E-state index is 12.0. The summed E-state index contributed by atoms with van der Waals surface area (Å²) in [6.45, 7) is 3.68. The molecule has 3 aromatic rings. The van der Waals surface area contributed by atoms with Gasteiger partial charge in [-0.05, 0) is 26.0 Å². The van der Waals surface area contributed by atoms with Gasteiger partial charge in [0.2, 0.25) is 0 Å². The van der Waals surface area contributed by atoms with Crippen molar-refractivity contribution in [3.8, 4) is 5.82 Å². The van der Waals surface area contributed by atoms with Gasteiger partial charge in [-0.1, -0.05) is 6.07 Å². The smallest absolute Gasteiger partial charge is 0.193 e. The van der Waals surface area contributed by atoms with Crippen molar-refractivity contribution < 1.29 is 0 Å². The lowest BCUT2D eigenvalue weighted by Gasteiger charge is -2.02. The molecule has 0 spiro atoms. The Balaban J connectivity index is 2.42. The van der Waals surface area contributed by atoms with Crippen LogP contribution in [0.25, 0.3) is 16.9 Å². The summed E-state index contributed by atoms with van der Waals surface area (Å²) in [4.78, 5) is 19.4. The van der Waals surface area contributed by atoms with Gasteiger partial charge in [0.1, 0.15) is 5.65 Å². The third kappa shape index (κ3) is 1.52. The molecule has 0 saturated heterocycles. The second kappa shape index (κ2) is 3.80. The van der Waals surface area contributed by atoms with Crippen LogP contribution < -0.4 is 5.43 Å². The molecule has 3 aromatic heterocycles. The Labute approximate surface area is 103 Å². The van der Waals surface area contributed by atoms with E-state index in [9.17, 15) is 4.79 Å². The maximum Gasteiger partial charge on any atom is 0.193 e. The molecular weight excluding hydrogens is 228 g/mol. The second-order valence-corrected chi connectivity index (χ2v) is 4.23. The van der Waals surface area contributed by atoms with Gasteiger partial charge in [0.25, 0.3) is 0 Å². The van der Waals surface area contributed by atoms with E-state index in [2.05, 4.69) is 15.1 Å². The summed E-state index contributed by atoms with van der Waals surface area (Å²) >= 11 is 0. The topological polar surface area (TPSA) is 63.6 Å². The van der Waals surface area contributed by atoms with Crippen LogP contribution in [-0.4, -0.2) is 19.7 Å². The first kappa shape index (κ1) is 10.7. The predicted molar refractivity (Wildman–Crippen MR) is 69.0 cm³/mol. The van der Waals surface area contributed by atoms with Gasteiger partial charge in [0.05, 0.1) is 11.1 Å². The fourth-order valence-corrected chi connectivity index (χ4v) is 2.07. The summed E-state index contributed by atoms with van der Waals surface area (Å²) < 4.78 is 1.67. The third-order valence-electron chi connectivity index (χ3n) is 2.84. The zero-order valence-electron chi connectivity index (χ0n) is 10.1. The van der Waals surface area contributed by atoms with Gasteiger partial charge in [0.15, 0.2) is 11.2 Å². The van der Waals surface area contributed by atoms with E-state index in [4.69, 9.17) is 0 Å². The zero-order valence-corrected chi connectivity index (χ0v) is 10.1. The van der Waals surface area contributed by atoms with Crippen LogP contribution in [0.15, 0.2) is 35.3 Å². The number of aromatic amines is 1. The molecule has 0 aliphatic rings. The molecule has 0 atom stereocenters. The van der Waals surface area contributed by atoms with E-state index in [0.717, 1.165) is 5.69 Å². The number of aryl methyl sites for hydroxylation is 2. The number of aromatic nitrogens is 4. The molecule has 18 heavy (non-hydrogen) atoms. The van der Waals surface area contributed by atoms with Crippen LogP contribution in [0.3, 0.4) is 0 Å².